The number of rotatable bonds is 6. The van der Waals surface area contributed by atoms with Crippen molar-refractivity contribution in [2.75, 3.05) is 13.2 Å². The Hall–Kier alpha value is -2.67. The van der Waals surface area contributed by atoms with Gasteiger partial charge in [-0.1, -0.05) is 0 Å². The lowest BCUT2D eigenvalue weighted by Crippen LogP contribution is -2.27. The normalized spacial score (nSPS) is 10.1. The maximum atomic E-state index is 11.9. The molecule has 1 N–H and O–H groups in total. The Kier molecular flexibility index (Phi) is 5.05. The van der Waals surface area contributed by atoms with E-state index in [1.165, 1.54) is 6.20 Å². The molecule has 0 bridgehead atoms. The molecule has 1 amide bonds. The van der Waals surface area contributed by atoms with E-state index in [9.17, 15) is 9.59 Å². The molecular formula is C14H15N3O4. The van der Waals surface area contributed by atoms with Crippen LogP contribution in [-0.4, -0.2) is 34.6 Å². The minimum absolute atomic E-state index is 0.263. The number of hydrogen-bond donors (Lipinski definition) is 1. The molecule has 110 valence electrons. The second kappa shape index (κ2) is 7.20. The third kappa shape index (κ3) is 4.15. The van der Waals surface area contributed by atoms with E-state index in [0.29, 0.717) is 5.56 Å². The zero-order chi connectivity index (χ0) is 15.1. The van der Waals surface area contributed by atoms with Crippen LogP contribution >= 0.6 is 0 Å². The van der Waals surface area contributed by atoms with Crippen molar-refractivity contribution in [2.24, 2.45) is 0 Å². The summed E-state index contributed by atoms with van der Waals surface area (Å²) in [4.78, 5) is 31.7. The number of esters is 1. The molecule has 0 radical (unpaired) electrons. The van der Waals surface area contributed by atoms with Gasteiger partial charge in [-0.15, -0.1) is 0 Å². The van der Waals surface area contributed by atoms with Crippen molar-refractivity contribution in [3.8, 4) is 5.69 Å². The fraction of sp³-hybridized carbons (Fsp3) is 0.214. The standard InChI is InChI=1S/C14H15N3O4/c1-2-20-13(18)10-21-16-14(19)11-7-12(9-15-8-11)17-5-3-4-6-17/h3-9H,2,10H2,1H3,(H,16,19). The van der Waals surface area contributed by atoms with Crippen LogP contribution < -0.4 is 5.48 Å². The largest absolute Gasteiger partial charge is 0.464 e. The summed E-state index contributed by atoms with van der Waals surface area (Å²) in [6.45, 7) is 1.61. The first-order valence-corrected chi connectivity index (χ1v) is 6.37. The lowest BCUT2D eigenvalue weighted by Gasteiger charge is -2.07. The molecule has 0 aromatic carbocycles. The monoisotopic (exact) mass is 289 g/mol. The molecule has 0 aliphatic rings. The Morgan fingerprint density at radius 2 is 2.05 bits per heavy atom. The van der Waals surface area contributed by atoms with Gasteiger partial charge in [-0.2, -0.15) is 0 Å². The highest BCUT2D eigenvalue weighted by Crippen LogP contribution is 2.08. The predicted octanol–water partition coefficient (Wildman–Crippen LogP) is 1.10. The Balaban J connectivity index is 1.94. The number of carbonyl (C=O) groups is 2. The molecular weight excluding hydrogens is 274 g/mol. The number of pyridine rings is 1. The molecule has 21 heavy (non-hydrogen) atoms. The van der Waals surface area contributed by atoms with E-state index in [-0.39, 0.29) is 13.2 Å². The van der Waals surface area contributed by atoms with Crippen molar-refractivity contribution in [1.82, 2.24) is 15.0 Å². The molecule has 0 unspecified atom stereocenters. The summed E-state index contributed by atoms with van der Waals surface area (Å²) < 4.78 is 6.49. The van der Waals surface area contributed by atoms with E-state index in [1.54, 1.807) is 19.2 Å². The molecule has 0 saturated heterocycles. The summed E-state index contributed by atoms with van der Waals surface area (Å²) in [6.07, 6.45) is 6.73. The summed E-state index contributed by atoms with van der Waals surface area (Å²) >= 11 is 0. The van der Waals surface area contributed by atoms with Gasteiger partial charge in [-0.3, -0.25) is 14.6 Å². The van der Waals surface area contributed by atoms with Gasteiger partial charge in [0.2, 0.25) is 0 Å². The fourth-order valence-corrected chi connectivity index (χ4v) is 1.62. The third-order valence-corrected chi connectivity index (χ3v) is 2.55. The first-order chi connectivity index (χ1) is 10.2. The molecule has 2 rings (SSSR count). The van der Waals surface area contributed by atoms with Gasteiger partial charge in [0.25, 0.3) is 5.91 Å². The molecule has 0 atom stereocenters. The summed E-state index contributed by atoms with van der Waals surface area (Å²) in [5.41, 5.74) is 3.24. The smallest absolute Gasteiger partial charge is 0.334 e. The van der Waals surface area contributed by atoms with Gasteiger partial charge < -0.3 is 9.30 Å². The highest BCUT2D eigenvalue weighted by Gasteiger charge is 2.09. The average molecular weight is 289 g/mol. The van der Waals surface area contributed by atoms with Crippen LogP contribution in [0.5, 0.6) is 0 Å². The Morgan fingerprint density at radius 1 is 1.29 bits per heavy atom. The molecule has 0 fully saturated rings. The Morgan fingerprint density at radius 3 is 2.76 bits per heavy atom. The predicted molar refractivity (Wildman–Crippen MR) is 73.6 cm³/mol. The van der Waals surface area contributed by atoms with Gasteiger partial charge in [-0.25, -0.2) is 10.3 Å². The molecule has 7 heteroatoms. The zero-order valence-electron chi connectivity index (χ0n) is 11.5. The summed E-state index contributed by atoms with van der Waals surface area (Å²) in [5, 5.41) is 0. The van der Waals surface area contributed by atoms with E-state index in [0.717, 1.165) is 5.69 Å². The van der Waals surface area contributed by atoms with Crippen molar-refractivity contribution in [2.45, 2.75) is 6.92 Å². The maximum Gasteiger partial charge on any atom is 0.334 e. The molecule has 7 nitrogen and oxygen atoms in total. The second-order valence-electron chi connectivity index (χ2n) is 4.05. The van der Waals surface area contributed by atoms with Gasteiger partial charge in [0.05, 0.1) is 24.1 Å². The number of nitrogens with one attached hydrogen (secondary N) is 1. The van der Waals surface area contributed by atoms with Crippen molar-refractivity contribution in [3.05, 3.63) is 48.5 Å². The minimum Gasteiger partial charge on any atom is -0.464 e. The number of hydroxylamine groups is 1. The van der Waals surface area contributed by atoms with Crippen LogP contribution in [0.1, 0.15) is 17.3 Å². The van der Waals surface area contributed by atoms with Crippen molar-refractivity contribution >= 4 is 11.9 Å². The Bertz CT molecular complexity index is 610. The van der Waals surface area contributed by atoms with Crippen LogP contribution in [-0.2, 0) is 14.4 Å². The lowest BCUT2D eigenvalue weighted by molar-refractivity contribution is -0.150. The van der Waals surface area contributed by atoms with E-state index >= 15 is 0 Å². The van der Waals surface area contributed by atoms with E-state index in [4.69, 9.17) is 4.84 Å². The van der Waals surface area contributed by atoms with Gasteiger partial charge in [0, 0.05) is 18.6 Å². The first-order valence-electron chi connectivity index (χ1n) is 6.37. The van der Waals surface area contributed by atoms with Crippen molar-refractivity contribution in [3.63, 3.8) is 0 Å². The average Bonchev–Trinajstić information content (AvgIpc) is 3.02. The summed E-state index contributed by atoms with van der Waals surface area (Å²) in [5.74, 6) is -1.03. The topological polar surface area (TPSA) is 82.4 Å². The van der Waals surface area contributed by atoms with Gasteiger partial charge in [0.1, 0.15) is 0 Å². The molecule has 0 saturated carbocycles. The van der Waals surface area contributed by atoms with Crippen LogP contribution in [0, 0.1) is 0 Å². The van der Waals surface area contributed by atoms with Crippen LogP contribution in [0.15, 0.2) is 43.0 Å². The highest BCUT2D eigenvalue weighted by atomic mass is 16.7. The molecule has 2 aromatic heterocycles. The molecule has 2 aromatic rings. The van der Waals surface area contributed by atoms with Crippen LogP contribution in [0.25, 0.3) is 5.69 Å². The van der Waals surface area contributed by atoms with Gasteiger partial charge in [-0.05, 0) is 25.1 Å². The highest BCUT2D eigenvalue weighted by molar-refractivity contribution is 5.93. The van der Waals surface area contributed by atoms with Gasteiger partial charge >= 0.3 is 5.97 Å². The number of carbonyl (C=O) groups excluding carboxylic acids is 2. The van der Waals surface area contributed by atoms with Gasteiger partial charge in [0.15, 0.2) is 6.61 Å². The fourth-order valence-electron chi connectivity index (χ4n) is 1.62. The zero-order valence-corrected chi connectivity index (χ0v) is 11.5. The summed E-state index contributed by atoms with van der Waals surface area (Å²) in [7, 11) is 0. The Labute approximate surface area is 121 Å². The number of amides is 1. The molecule has 0 spiro atoms. The maximum absolute atomic E-state index is 11.9. The lowest BCUT2D eigenvalue weighted by atomic mass is 10.2. The van der Waals surface area contributed by atoms with E-state index in [2.05, 4.69) is 15.2 Å². The number of nitrogens with zero attached hydrogens (tertiary/aromatic N) is 2. The SMILES string of the molecule is CCOC(=O)CONC(=O)c1cncc(-n2cccc2)c1. The van der Waals surface area contributed by atoms with E-state index < -0.39 is 11.9 Å². The number of hydrogen-bond acceptors (Lipinski definition) is 5. The molecule has 2 heterocycles. The summed E-state index contributed by atoms with van der Waals surface area (Å²) in [6, 6.07) is 5.40. The van der Waals surface area contributed by atoms with Crippen molar-refractivity contribution in [1.29, 1.82) is 0 Å². The number of ether oxygens (including phenoxy) is 1. The molecule has 0 aliphatic heterocycles. The van der Waals surface area contributed by atoms with Crippen LogP contribution in [0.2, 0.25) is 0 Å². The molecule has 0 aliphatic carbocycles. The van der Waals surface area contributed by atoms with Crippen LogP contribution in [0.4, 0.5) is 0 Å². The third-order valence-electron chi connectivity index (χ3n) is 2.55. The van der Waals surface area contributed by atoms with Crippen LogP contribution in [0.3, 0.4) is 0 Å². The first kappa shape index (κ1) is 14.7. The minimum atomic E-state index is -0.544. The number of aromatic nitrogens is 2. The van der Waals surface area contributed by atoms with E-state index in [1.807, 2.05) is 29.1 Å². The van der Waals surface area contributed by atoms with Crippen molar-refractivity contribution < 1.29 is 19.2 Å². The quantitative estimate of drug-likeness (QED) is 0.636. The second-order valence-corrected chi connectivity index (χ2v) is 4.05.